The minimum atomic E-state index is 0.432. The molecule has 1 saturated carbocycles. The van der Waals surface area contributed by atoms with Crippen LogP contribution in [-0.4, -0.2) is 26.3 Å². The van der Waals surface area contributed by atoms with Crippen molar-refractivity contribution < 1.29 is 4.74 Å². The van der Waals surface area contributed by atoms with Crippen LogP contribution in [0.4, 0.5) is 0 Å². The molecule has 0 amide bonds. The van der Waals surface area contributed by atoms with Crippen LogP contribution < -0.4 is 5.32 Å². The third-order valence-corrected chi connectivity index (χ3v) is 2.65. The van der Waals surface area contributed by atoms with Crippen LogP contribution in [0, 0.1) is 5.41 Å². The zero-order valence-electron chi connectivity index (χ0n) is 9.23. The van der Waals surface area contributed by atoms with Gasteiger partial charge in [0.25, 0.3) is 0 Å². The van der Waals surface area contributed by atoms with Crippen molar-refractivity contribution >= 4 is 0 Å². The highest BCUT2D eigenvalue weighted by molar-refractivity contribution is 4.83. The van der Waals surface area contributed by atoms with Crippen LogP contribution in [0.25, 0.3) is 0 Å². The molecule has 0 aliphatic heterocycles. The second kappa shape index (κ2) is 4.97. The molecule has 0 aromatic heterocycles. The predicted octanol–water partition coefficient (Wildman–Crippen LogP) is 2.19. The Balaban J connectivity index is 2.03. The van der Waals surface area contributed by atoms with E-state index >= 15 is 0 Å². The molecular weight excluding hydrogens is 162 g/mol. The third-order valence-electron chi connectivity index (χ3n) is 2.65. The van der Waals surface area contributed by atoms with Crippen molar-refractivity contribution in [2.45, 2.75) is 45.6 Å². The summed E-state index contributed by atoms with van der Waals surface area (Å²) in [5, 5.41) is 3.58. The van der Waals surface area contributed by atoms with Crippen LogP contribution >= 0.6 is 0 Å². The molecule has 78 valence electrons. The summed E-state index contributed by atoms with van der Waals surface area (Å²) in [5.74, 6) is 0. The van der Waals surface area contributed by atoms with Gasteiger partial charge in [-0.2, -0.15) is 0 Å². The van der Waals surface area contributed by atoms with Crippen molar-refractivity contribution in [3.63, 3.8) is 0 Å². The first-order valence-electron chi connectivity index (χ1n) is 5.36. The van der Waals surface area contributed by atoms with E-state index in [1.807, 2.05) is 0 Å². The van der Waals surface area contributed by atoms with E-state index in [2.05, 4.69) is 19.2 Å². The van der Waals surface area contributed by atoms with Crippen molar-refractivity contribution in [1.82, 2.24) is 5.32 Å². The van der Waals surface area contributed by atoms with Gasteiger partial charge in [-0.05, 0) is 31.1 Å². The zero-order chi connectivity index (χ0) is 9.73. The van der Waals surface area contributed by atoms with Gasteiger partial charge in [-0.1, -0.05) is 13.8 Å². The third kappa shape index (κ3) is 5.27. The van der Waals surface area contributed by atoms with E-state index in [1.165, 1.54) is 25.7 Å². The Morgan fingerprint density at radius 3 is 2.62 bits per heavy atom. The van der Waals surface area contributed by atoms with Crippen LogP contribution in [0.15, 0.2) is 0 Å². The molecule has 2 nitrogen and oxygen atoms in total. The summed E-state index contributed by atoms with van der Waals surface area (Å²) < 4.78 is 5.05. The molecule has 0 saturated heterocycles. The summed E-state index contributed by atoms with van der Waals surface area (Å²) in [6.45, 7) is 6.71. The SMILES string of the molecule is COCCCC(C)(C)CNC1CC1. The Morgan fingerprint density at radius 1 is 1.38 bits per heavy atom. The summed E-state index contributed by atoms with van der Waals surface area (Å²) in [4.78, 5) is 0. The number of rotatable bonds is 7. The van der Waals surface area contributed by atoms with E-state index in [0.29, 0.717) is 5.41 Å². The van der Waals surface area contributed by atoms with E-state index in [4.69, 9.17) is 4.74 Å². The maximum atomic E-state index is 5.05. The minimum absolute atomic E-state index is 0.432. The molecular formula is C11H23NO. The molecule has 13 heavy (non-hydrogen) atoms. The van der Waals surface area contributed by atoms with Crippen LogP contribution in [0.1, 0.15) is 39.5 Å². The predicted molar refractivity (Wildman–Crippen MR) is 55.9 cm³/mol. The van der Waals surface area contributed by atoms with E-state index < -0.39 is 0 Å². The van der Waals surface area contributed by atoms with E-state index in [0.717, 1.165) is 19.2 Å². The molecule has 0 atom stereocenters. The average Bonchev–Trinajstić information content (AvgIpc) is 2.84. The second-order valence-corrected chi connectivity index (χ2v) is 4.92. The molecule has 0 aromatic rings. The smallest absolute Gasteiger partial charge is 0.0462 e. The molecule has 1 aliphatic carbocycles. The Labute approximate surface area is 82.0 Å². The largest absolute Gasteiger partial charge is 0.385 e. The van der Waals surface area contributed by atoms with E-state index in [1.54, 1.807) is 7.11 Å². The van der Waals surface area contributed by atoms with Crippen LogP contribution in [0.5, 0.6) is 0 Å². The summed E-state index contributed by atoms with van der Waals surface area (Å²) in [6, 6.07) is 0.835. The lowest BCUT2D eigenvalue weighted by atomic mass is 9.88. The number of hydrogen-bond acceptors (Lipinski definition) is 2. The molecule has 0 radical (unpaired) electrons. The molecule has 0 bridgehead atoms. The minimum Gasteiger partial charge on any atom is -0.385 e. The molecule has 0 heterocycles. The Kier molecular flexibility index (Phi) is 4.20. The molecule has 0 aromatic carbocycles. The van der Waals surface area contributed by atoms with Gasteiger partial charge in [0.05, 0.1) is 0 Å². The molecule has 1 N–H and O–H groups in total. The van der Waals surface area contributed by atoms with Crippen molar-refractivity contribution in [3.8, 4) is 0 Å². The quantitative estimate of drug-likeness (QED) is 0.614. The van der Waals surface area contributed by atoms with E-state index in [-0.39, 0.29) is 0 Å². The van der Waals surface area contributed by atoms with Gasteiger partial charge in [-0.3, -0.25) is 0 Å². The number of hydrogen-bond donors (Lipinski definition) is 1. The normalized spacial score (nSPS) is 17.8. The van der Waals surface area contributed by atoms with Crippen molar-refractivity contribution in [2.75, 3.05) is 20.3 Å². The van der Waals surface area contributed by atoms with Gasteiger partial charge in [0.1, 0.15) is 0 Å². The van der Waals surface area contributed by atoms with Crippen LogP contribution in [-0.2, 0) is 4.74 Å². The van der Waals surface area contributed by atoms with Gasteiger partial charge in [0, 0.05) is 26.3 Å². The molecule has 1 fully saturated rings. The standard InChI is InChI=1S/C11H23NO/c1-11(2,7-4-8-13-3)9-12-10-5-6-10/h10,12H,4-9H2,1-3H3. The lowest BCUT2D eigenvalue weighted by Crippen LogP contribution is -2.31. The van der Waals surface area contributed by atoms with Crippen LogP contribution in [0.2, 0.25) is 0 Å². The molecule has 1 aliphatic rings. The van der Waals surface area contributed by atoms with Crippen molar-refractivity contribution in [1.29, 1.82) is 0 Å². The highest BCUT2D eigenvalue weighted by atomic mass is 16.5. The highest BCUT2D eigenvalue weighted by Gasteiger charge is 2.24. The van der Waals surface area contributed by atoms with Crippen LogP contribution in [0.3, 0.4) is 0 Å². The fourth-order valence-electron chi connectivity index (χ4n) is 1.49. The maximum absolute atomic E-state index is 5.05. The van der Waals surface area contributed by atoms with Gasteiger partial charge < -0.3 is 10.1 Å². The Morgan fingerprint density at radius 2 is 2.08 bits per heavy atom. The van der Waals surface area contributed by atoms with Gasteiger partial charge in [-0.15, -0.1) is 0 Å². The molecule has 0 spiro atoms. The summed E-state index contributed by atoms with van der Waals surface area (Å²) in [7, 11) is 1.77. The van der Waals surface area contributed by atoms with E-state index in [9.17, 15) is 0 Å². The monoisotopic (exact) mass is 185 g/mol. The first-order chi connectivity index (χ1) is 6.14. The number of methoxy groups -OCH3 is 1. The average molecular weight is 185 g/mol. The van der Waals surface area contributed by atoms with Gasteiger partial charge >= 0.3 is 0 Å². The van der Waals surface area contributed by atoms with Crippen molar-refractivity contribution in [2.24, 2.45) is 5.41 Å². The fraction of sp³-hybridized carbons (Fsp3) is 1.00. The van der Waals surface area contributed by atoms with Gasteiger partial charge in [0.2, 0.25) is 0 Å². The zero-order valence-corrected chi connectivity index (χ0v) is 9.23. The molecule has 2 heteroatoms. The number of nitrogens with one attached hydrogen (secondary N) is 1. The Bertz CT molecular complexity index is 141. The lowest BCUT2D eigenvalue weighted by Gasteiger charge is -2.24. The highest BCUT2D eigenvalue weighted by Crippen LogP contribution is 2.24. The Hall–Kier alpha value is -0.0800. The molecule has 0 unspecified atom stereocenters. The summed E-state index contributed by atoms with van der Waals surface area (Å²) in [6.07, 6.45) is 5.19. The first-order valence-corrected chi connectivity index (χ1v) is 5.36. The summed E-state index contributed by atoms with van der Waals surface area (Å²) in [5.41, 5.74) is 0.432. The van der Waals surface area contributed by atoms with Gasteiger partial charge in [0.15, 0.2) is 0 Å². The fourth-order valence-corrected chi connectivity index (χ4v) is 1.49. The lowest BCUT2D eigenvalue weighted by molar-refractivity contribution is 0.174. The first kappa shape index (κ1) is 11.0. The van der Waals surface area contributed by atoms with Gasteiger partial charge in [-0.25, -0.2) is 0 Å². The second-order valence-electron chi connectivity index (χ2n) is 4.92. The topological polar surface area (TPSA) is 21.3 Å². The maximum Gasteiger partial charge on any atom is 0.0462 e. The van der Waals surface area contributed by atoms with Crippen molar-refractivity contribution in [3.05, 3.63) is 0 Å². The molecule has 1 rings (SSSR count). The summed E-state index contributed by atoms with van der Waals surface area (Å²) >= 11 is 0. The number of ether oxygens (including phenoxy) is 1.